The van der Waals surface area contributed by atoms with Crippen molar-refractivity contribution in [2.45, 2.75) is 39.8 Å². The first-order chi connectivity index (χ1) is 6.26. The van der Waals surface area contributed by atoms with Crippen molar-refractivity contribution in [2.24, 2.45) is 0 Å². The quantitative estimate of drug-likeness (QED) is 0.747. The molecule has 1 aromatic heterocycles. The van der Waals surface area contributed by atoms with E-state index in [0.717, 1.165) is 19.5 Å². The maximum Gasteiger partial charge on any atom is 0.0562 e. The van der Waals surface area contributed by atoms with Gasteiger partial charge in [0.05, 0.1) is 12.7 Å². The van der Waals surface area contributed by atoms with Crippen LogP contribution in [0.2, 0.25) is 0 Å². The van der Waals surface area contributed by atoms with E-state index in [1.54, 1.807) is 0 Å². The summed E-state index contributed by atoms with van der Waals surface area (Å²) in [6.45, 7) is 8.40. The van der Waals surface area contributed by atoms with Crippen molar-refractivity contribution in [2.75, 3.05) is 6.54 Å². The lowest BCUT2D eigenvalue weighted by Crippen LogP contribution is -2.32. The lowest BCUT2D eigenvalue weighted by molar-refractivity contribution is 0.424. The summed E-state index contributed by atoms with van der Waals surface area (Å²) in [5.74, 6) is 0. The van der Waals surface area contributed by atoms with Gasteiger partial charge in [0.1, 0.15) is 0 Å². The molecule has 0 aliphatic carbocycles. The van der Waals surface area contributed by atoms with Gasteiger partial charge in [-0.3, -0.25) is 4.68 Å². The zero-order valence-corrected chi connectivity index (χ0v) is 8.75. The average Bonchev–Trinajstić information content (AvgIpc) is 2.50. The van der Waals surface area contributed by atoms with Crippen LogP contribution < -0.4 is 5.32 Å². The average molecular weight is 181 g/mol. The van der Waals surface area contributed by atoms with E-state index in [1.807, 2.05) is 10.9 Å². The molecule has 1 atom stereocenters. The number of hydrogen-bond donors (Lipinski definition) is 1. The van der Waals surface area contributed by atoms with E-state index >= 15 is 0 Å². The molecule has 0 aromatic carbocycles. The van der Waals surface area contributed by atoms with E-state index in [-0.39, 0.29) is 0 Å². The molecule has 0 bridgehead atoms. The Morgan fingerprint density at radius 2 is 2.31 bits per heavy atom. The number of hydrogen-bond acceptors (Lipinski definition) is 2. The van der Waals surface area contributed by atoms with Crippen LogP contribution in [0.25, 0.3) is 0 Å². The van der Waals surface area contributed by atoms with Gasteiger partial charge in [-0.25, -0.2) is 0 Å². The first-order valence-corrected chi connectivity index (χ1v) is 4.98. The van der Waals surface area contributed by atoms with Crippen molar-refractivity contribution in [3.63, 3.8) is 0 Å². The molecule has 0 saturated carbocycles. The van der Waals surface area contributed by atoms with Crippen molar-refractivity contribution < 1.29 is 0 Å². The molecular formula is C10H19N3. The van der Waals surface area contributed by atoms with Crippen LogP contribution in [0.4, 0.5) is 0 Å². The van der Waals surface area contributed by atoms with Gasteiger partial charge in [0.2, 0.25) is 0 Å². The van der Waals surface area contributed by atoms with E-state index in [2.05, 4.69) is 37.4 Å². The highest BCUT2D eigenvalue weighted by atomic mass is 15.3. The predicted octanol–water partition coefficient (Wildman–Crippen LogP) is 1.58. The minimum Gasteiger partial charge on any atom is -0.312 e. The Balaban J connectivity index is 2.46. The number of nitrogens with zero attached hydrogens (tertiary/aromatic N) is 2. The van der Waals surface area contributed by atoms with Gasteiger partial charge in [0, 0.05) is 12.2 Å². The minimum atomic E-state index is 0.546. The molecule has 3 nitrogen and oxygen atoms in total. The van der Waals surface area contributed by atoms with Crippen LogP contribution >= 0.6 is 0 Å². The maximum atomic E-state index is 4.26. The highest BCUT2D eigenvalue weighted by Crippen LogP contribution is 1.99. The van der Waals surface area contributed by atoms with Crippen LogP contribution in [0.1, 0.15) is 25.8 Å². The molecule has 0 aliphatic heterocycles. The summed E-state index contributed by atoms with van der Waals surface area (Å²) in [6.07, 6.45) is 5.13. The molecule has 0 amide bonds. The molecule has 0 radical (unpaired) electrons. The van der Waals surface area contributed by atoms with E-state index in [1.165, 1.54) is 5.56 Å². The van der Waals surface area contributed by atoms with Crippen molar-refractivity contribution in [1.29, 1.82) is 0 Å². The molecule has 0 fully saturated rings. The first-order valence-electron chi connectivity index (χ1n) is 4.98. The summed E-state index contributed by atoms with van der Waals surface area (Å²) in [5, 5.41) is 7.69. The van der Waals surface area contributed by atoms with Crippen LogP contribution in [0.15, 0.2) is 12.4 Å². The van der Waals surface area contributed by atoms with E-state index in [4.69, 9.17) is 0 Å². The van der Waals surface area contributed by atoms with Crippen LogP contribution in [0.5, 0.6) is 0 Å². The first kappa shape index (κ1) is 10.3. The van der Waals surface area contributed by atoms with Gasteiger partial charge in [-0.05, 0) is 25.5 Å². The number of aryl methyl sites for hydroxylation is 1. The smallest absolute Gasteiger partial charge is 0.0562 e. The van der Waals surface area contributed by atoms with Gasteiger partial charge in [-0.15, -0.1) is 0 Å². The van der Waals surface area contributed by atoms with Crippen molar-refractivity contribution >= 4 is 0 Å². The summed E-state index contributed by atoms with van der Waals surface area (Å²) in [7, 11) is 0. The van der Waals surface area contributed by atoms with Gasteiger partial charge in [-0.2, -0.15) is 5.10 Å². The van der Waals surface area contributed by atoms with Crippen LogP contribution in [0, 0.1) is 6.92 Å². The Hall–Kier alpha value is -0.830. The monoisotopic (exact) mass is 181 g/mol. The highest BCUT2D eigenvalue weighted by Gasteiger charge is 2.05. The second kappa shape index (κ2) is 5.02. The van der Waals surface area contributed by atoms with Crippen LogP contribution in [-0.2, 0) is 6.54 Å². The zero-order chi connectivity index (χ0) is 9.68. The van der Waals surface area contributed by atoms with Crippen LogP contribution in [0.3, 0.4) is 0 Å². The normalized spacial score (nSPS) is 13.2. The van der Waals surface area contributed by atoms with E-state index in [0.29, 0.717) is 6.04 Å². The Labute approximate surface area is 80.1 Å². The molecule has 1 unspecified atom stereocenters. The summed E-state index contributed by atoms with van der Waals surface area (Å²) in [6, 6.07) is 0.546. The maximum absolute atomic E-state index is 4.26. The zero-order valence-electron chi connectivity index (χ0n) is 8.75. The number of likely N-dealkylation sites (N-methyl/N-ethyl adjacent to an activating group) is 1. The SMILES string of the molecule is CCNC(CC)Cn1cc(C)cn1. The van der Waals surface area contributed by atoms with Crippen molar-refractivity contribution in [1.82, 2.24) is 15.1 Å². The van der Waals surface area contributed by atoms with E-state index in [9.17, 15) is 0 Å². The molecule has 3 heteroatoms. The largest absolute Gasteiger partial charge is 0.312 e. The minimum absolute atomic E-state index is 0.546. The predicted molar refractivity (Wildman–Crippen MR) is 54.7 cm³/mol. The topological polar surface area (TPSA) is 29.9 Å². The lowest BCUT2D eigenvalue weighted by atomic mass is 10.2. The number of aromatic nitrogens is 2. The Morgan fingerprint density at radius 1 is 1.54 bits per heavy atom. The lowest BCUT2D eigenvalue weighted by Gasteiger charge is -2.15. The highest BCUT2D eigenvalue weighted by molar-refractivity contribution is 4.99. The number of rotatable bonds is 5. The fraction of sp³-hybridized carbons (Fsp3) is 0.700. The standard InChI is InChI=1S/C10H19N3/c1-4-10(11-5-2)8-13-7-9(3)6-12-13/h6-7,10-11H,4-5,8H2,1-3H3. The molecule has 1 rings (SSSR count). The summed E-state index contributed by atoms with van der Waals surface area (Å²) >= 11 is 0. The molecule has 1 aromatic rings. The van der Waals surface area contributed by atoms with Gasteiger partial charge in [-0.1, -0.05) is 13.8 Å². The molecule has 1 N–H and O–H groups in total. The summed E-state index contributed by atoms with van der Waals surface area (Å²) < 4.78 is 2.01. The molecule has 0 spiro atoms. The van der Waals surface area contributed by atoms with E-state index < -0.39 is 0 Å². The summed E-state index contributed by atoms with van der Waals surface area (Å²) in [5.41, 5.74) is 1.23. The third-order valence-corrected chi connectivity index (χ3v) is 2.16. The Morgan fingerprint density at radius 3 is 2.77 bits per heavy atom. The third-order valence-electron chi connectivity index (χ3n) is 2.16. The third kappa shape index (κ3) is 3.19. The molecule has 13 heavy (non-hydrogen) atoms. The van der Waals surface area contributed by atoms with Gasteiger partial charge < -0.3 is 5.32 Å². The molecule has 0 aliphatic rings. The van der Waals surface area contributed by atoms with Crippen LogP contribution in [-0.4, -0.2) is 22.4 Å². The molecular weight excluding hydrogens is 162 g/mol. The second-order valence-corrected chi connectivity index (χ2v) is 3.40. The summed E-state index contributed by atoms with van der Waals surface area (Å²) in [4.78, 5) is 0. The Kier molecular flexibility index (Phi) is 3.96. The van der Waals surface area contributed by atoms with Crippen molar-refractivity contribution in [3.8, 4) is 0 Å². The van der Waals surface area contributed by atoms with Crippen molar-refractivity contribution in [3.05, 3.63) is 18.0 Å². The molecule has 74 valence electrons. The second-order valence-electron chi connectivity index (χ2n) is 3.40. The molecule has 0 saturated heterocycles. The fourth-order valence-electron chi connectivity index (χ4n) is 1.42. The van der Waals surface area contributed by atoms with Gasteiger partial charge >= 0.3 is 0 Å². The van der Waals surface area contributed by atoms with Gasteiger partial charge in [0.25, 0.3) is 0 Å². The number of nitrogens with one attached hydrogen (secondary N) is 1. The Bertz CT molecular complexity index is 242. The fourth-order valence-corrected chi connectivity index (χ4v) is 1.42. The van der Waals surface area contributed by atoms with Gasteiger partial charge in [0.15, 0.2) is 0 Å². The molecule has 1 heterocycles.